The largest absolute Gasteiger partial charge is 0.416 e. The minimum absolute atomic E-state index is 0.00875. The molecular weight excluding hydrogens is 471 g/mol. The molecule has 11 heteroatoms. The van der Waals surface area contributed by atoms with E-state index in [1.54, 1.807) is 4.90 Å². The molecule has 2 heterocycles. The van der Waals surface area contributed by atoms with Crippen molar-refractivity contribution in [3.05, 3.63) is 65.2 Å². The number of carbonyl (C=O) groups excluding carboxylic acids is 2. The second-order valence-corrected chi connectivity index (χ2v) is 11.3. The fraction of sp³-hybridized carbons (Fsp3) is 0.391. The lowest BCUT2D eigenvalue weighted by molar-refractivity contribution is -0.137. The van der Waals surface area contributed by atoms with E-state index in [-0.39, 0.29) is 34.9 Å². The Morgan fingerprint density at radius 1 is 1.03 bits per heavy atom. The normalized spacial score (nSPS) is 26.9. The lowest BCUT2D eigenvalue weighted by Crippen LogP contribution is -2.46. The van der Waals surface area contributed by atoms with Gasteiger partial charge in [-0.3, -0.25) is 9.59 Å². The molecule has 1 N–H and O–H groups in total. The van der Waals surface area contributed by atoms with Crippen molar-refractivity contribution in [1.29, 1.82) is 0 Å². The maximum Gasteiger partial charge on any atom is 0.416 e. The molecule has 2 aliphatic carbocycles. The van der Waals surface area contributed by atoms with Gasteiger partial charge in [-0.1, -0.05) is 18.2 Å². The van der Waals surface area contributed by atoms with Gasteiger partial charge in [-0.2, -0.15) is 13.2 Å². The summed E-state index contributed by atoms with van der Waals surface area (Å²) in [6, 6.07) is 9.60. The van der Waals surface area contributed by atoms with E-state index in [4.69, 9.17) is 0 Å². The molecule has 5 atom stereocenters. The fourth-order valence-electron chi connectivity index (χ4n) is 5.02. The molecule has 2 aromatic rings. The Morgan fingerprint density at radius 3 is 2.26 bits per heavy atom. The summed E-state index contributed by atoms with van der Waals surface area (Å²) >= 11 is 0. The highest BCUT2D eigenvalue weighted by atomic mass is 32.2. The monoisotopic (exact) mass is 493 g/mol. The Balaban J connectivity index is 1.30. The number of nitrogens with one attached hydrogen (secondary N) is 1. The Labute approximate surface area is 194 Å². The van der Waals surface area contributed by atoms with E-state index in [1.165, 1.54) is 50.5 Å². The average molecular weight is 494 g/mol. The number of benzene rings is 2. The summed E-state index contributed by atoms with van der Waals surface area (Å²) in [5, 5.41) is 2.74. The molecule has 6 rings (SSSR count). The third kappa shape index (κ3) is 3.58. The maximum absolute atomic E-state index is 13.3. The molecule has 2 saturated heterocycles. The van der Waals surface area contributed by atoms with Crippen molar-refractivity contribution in [2.75, 3.05) is 14.1 Å². The number of rotatable bonds is 6. The van der Waals surface area contributed by atoms with Gasteiger partial charge < -0.3 is 10.2 Å². The molecule has 2 amide bonds. The van der Waals surface area contributed by atoms with E-state index in [9.17, 15) is 31.2 Å². The van der Waals surface area contributed by atoms with Crippen LogP contribution in [0.5, 0.6) is 0 Å². The summed E-state index contributed by atoms with van der Waals surface area (Å²) in [5.41, 5.74) is -0.0630. The number of sulfonamides is 1. The molecule has 34 heavy (non-hydrogen) atoms. The highest BCUT2D eigenvalue weighted by Gasteiger charge is 2.86. The minimum Gasteiger partial charge on any atom is -0.350 e. The summed E-state index contributed by atoms with van der Waals surface area (Å²) in [5.74, 6) is -0.0973. The van der Waals surface area contributed by atoms with Gasteiger partial charge in [0.2, 0.25) is 15.9 Å². The van der Waals surface area contributed by atoms with Crippen LogP contribution in [-0.4, -0.2) is 55.6 Å². The van der Waals surface area contributed by atoms with Gasteiger partial charge in [0, 0.05) is 32.2 Å². The van der Waals surface area contributed by atoms with Crippen molar-refractivity contribution in [3.8, 4) is 0 Å². The average Bonchev–Trinajstić information content (AvgIpc) is 3.63. The van der Waals surface area contributed by atoms with Crippen LogP contribution in [0.4, 0.5) is 13.2 Å². The Morgan fingerprint density at radius 2 is 1.68 bits per heavy atom. The maximum atomic E-state index is 13.3. The third-order valence-corrected chi connectivity index (χ3v) is 8.75. The van der Waals surface area contributed by atoms with Crippen LogP contribution in [0, 0.1) is 17.8 Å². The number of alkyl halides is 3. The van der Waals surface area contributed by atoms with Crippen LogP contribution >= 0.6 is 0 Å². The van der Waals surface area contributed by atoms with E-state index in [1.807, 2.05) is 0 Å². The Bertz CT molecular complexity index is 1270. The number of nitrogens with zero attached hydrogens (tertiary/aromatic N) is 2. The second-order valence-electron chi connectivity index (χ2n) is 9.11. The highest BCUT2D eigenvalue weighted by molar-refractivity contribution is 7.89. The molecule has 0 aromatic heterocycles. The summed E-state index contributed by atoms with van der Waals surface area (Å²) in [6.45, 7) is 0.0405. The van der Waals surface area contributed by atoms with Crippen LogP contribution in [-0.2, 0) is 27.5 Å². The van der Waals surface area contributed by atoms with Crippen molar-refractivity contribution in [2.45, 2.75) is 29.7 Å². The van der Waals surface area contributed by atoms with Gasteiger partial charge in [0.1, 0.15) is 6.04 Å². The van der Waals surface area contributed by atoms with Crippen molar-refractivity contribution < 1.29 is 31.2 Å². The van der Waals surface area contributed by atoms with Crippen molar-refractivity contribution >= 4 is 21.8 Å². The number of fused-ring (bicyclic) bond motifs is 1. The Hall–Kier alpha value is -2.92. The van der Waals surface area contributed by atoms with Crippen LogP contribution in [0.2, 0.25) is 0 Å². The molecule has 4 fully saturated rings. The quantitative estimate of drug-likeness (QED) is 0.670. The van der Waals surface area contributed by atoms with Gasteiger partial charge in [0.15, 0.2) is 0 Å². The number of amides is 2. The molecule has 2 aliphatic heterocycles. The molecule has 2 saturated carbocycles. The first kappa shape index (κ1) is 22.9. The molecule has 2 aromatic carbocycles. The van der Waals surface area contributed by atoms with Crippen molar-refractivity contribution in [3.63, 3.8) is 0 Å². The van der Waals surface area contributed by atoms with Crippen molar-refractivity contribution in [1.82, 2.24) is 14.5 Å². The summed E-state index contributed by atoms with van der Waals surface area (Å²) in [6.07, 6.45) is -4.43. The molecule has 0 spiro atoms. The van der Waals surface area contributed by atoms with Gasteiger partial charge in [-0.15, -0.1) is 0 Å². The number of piperidine rings is 1. The first-order chi connectivity index (χ1) is 15.9. The van der Waals surface area contributed by atoms with E-state index >= 15 is 0 Å². The number of hydrogen-bond donors (Lipinski definition) is 1. The fourth-order valence-corrected chi connectivity index (χ4v) is 5.96. The molecular formula is C23H22F3N3O4S. The van der Waals surface area contributed by atoms with Crippen LogP contribution in [0.1, 0.15) is 21.5 Å². The van der Waals surface area contributed by atoms with E-state index in [0.717, 1.165) is 16.4 Å². The zero-order valence-electron chi connectivity index (χ0n) is 18.3. The van der Waals surface area contributed by atoms with Crippen LogP contribution in [0.15, 0.2) is 53.4 Å². The molecule has 3 unspecified atom stereocenters. The number of carbonyl (C=O) groups is 2. The van der Waals surface area contributed by atoms with Gasteiger partial charge in [0.25, 0.3) is 5.91 Å². The van der Waals surface area contributed by atoms with Gasteiger partial charge in [-0.05, 0) is 53.6 Å². The number of halogens is 3. The van der Waals surface area contributed by atoms with Gasteiger partial charge in [-0.25, -0.2) is 12.7 Å². The van der Waals surface area contributed by atoms with Crippen LogP contribution in [0.3, 0.4) is 0 Å². The first-order valence-electron chi connectivity index (χ1n) is 10.7. The SMILES string of the molecule is CN(C)S(=O)(=O)c1cccc(C(=O)N2C3C4C([C@H]43)[C@@H]2C(=O)NCc2ccc(C(F)(F)F)cc2)c1. The zero-order valence-corrected chi connectivity index (χ0v) is 19.1. The molecule has 0 radical (unpaired) electrons. The minimum atomic E-state index is -4.43. The predicted molar refractivity (Wildman–Crippen MR) is 115 cm³/mol. The van der Waals surface area contributed by atoms with E-state index < -0.39 is 33.7 Å². The topological polar surface area (TPSA) is 86.8 Å². The standard InChI is InChI=1S/C23H22F3N3O4S/c1-28(2)34(32,33)15-5-3-4-13(10-15)22(31)29-19-16-17(19)18(16)20(29)21(30)27-11-12-6-8-14(9-7-12)23(24,25)26/h3-10,16-20H,11H2,1-2H3,(H,27,30)/t16-,17?,18?,19?,20+/m0/s1. The summed E-state index contributed by atoms with van der Waals surface area (Å²) in [4.78, 5) is 27.8. The molecule has 180 valence electrons. The Kier molecular flexibility index (Phi) is 5.07. The lowest BCUT2D eigenvalue weighted by atomic mass is 10.1. The summed E-state index contributed by atoms with van der Waals surface area (Å²) in [7, 11) is -0.918. The highest BCUT2D eigenvalue weighted by Crippen LogP contribution is 2.78. The van der Waals surface area contributed by atoms with Crippen LogP contribution < -0.4 is 5.32 Å². The summed E-state index contributed by atoms with van der Waals surface area (Å²) < 4.78 is 64.2. The van der Waals surface area contributed by atoms with E-state index in [2.05, 4.69) is 5.32 Å². The second kappa shape index (κ2) is 7.54. The zero-order chi connectivity index (χ0) is 24.6. The third-order valence-electron chi connectivity index (χ3n) is 6.94. The predicted octanol–water partition coefficient (Wildman–Crippen LogP) is 2.34. The molecule has 2 bridgehead atoms. The van der Waals surface area contributed by atoms with Gasteiger partial charge >= 0.3 is 6.18 Å². The lowest BCUT2D eigenvalue weighted by Gasteiger charge is -2.24. The molecule has 4 aliphatic rings. The van der Waals surface area contributed by atoms with Crippen molar-refractivity contribution in [2.24, 2.45) is 17.8 Å². The molecule has 7 nitrogen and oxygen atoms in total. The van der Waals surface area contributed by atoms with E-state index in [0.29, 0.717) is 17.4 Å². The first-order valence-corrected chi connectivity index (χ1v) is 12.2. The number of hydrogen-bond acceptors (Lipinski definition) is 4. The smallest absolute Gasteiger partial charge is 0.350 e. The van der Waals surface area contributed by atoms with Gasteiger partial charge in [0.05, 0.1) is 10.5 Å². The van der Waals surface area contributed by atoms with Crippen LogP contribution in [0.25, 0.3) is 0 Å².